The Hall–Kier alpha value is -2.18. The van der Waals surface area contributed by atoms with Gasteiger partial charge in [-0.2, -0.15) is 0 Å². The molecule has 2 aliphatic heterocycles. The van der Waals surface area contributed by atoms with E-state index in [1.54, 1.807) is 0 Å². The third-order valence-electron chi connectivity index (χ3n) is 8.21. The quantitative estimate of drug-likeness (QED) is 0.461. The van der Waals surface area contributed by atoms with Gasteiger partial charge in [0.25, 0.3) is 0 Å². The van der Waals surface area contributed by atoms with Crippen molar-refractivity contribution >= 4 is 23.2 Å². The van der Waals surface area contributed by atoms with Gasteiger partial charge in [0.15, 0.2) is 0 Å². The number of benzene rings is 1. The summed E-state index contributed by atoms with van der Waals surface area (Å²) in [4.78, 5) is 34.9. The third-order valence-corrected chi connectivity index (χ3v) is 9.21. The number of thiophene rings is 1. The van der Waals surface area contributed by atoms with E-state index in [4.69, 9.17) is 0 Å². The van der Waals surface area contributed by atoms with Crippen molar-refractivity contribution in [3.8, 4) is 0 Å². The molecule has 1 saturated heterocycles. The van der Waals surface area contributed by atoms with Crippen LogP contribution in [0.25, 0.3) is 0 Å². The van der Waals surface area contributed by atoms with E-state index in [1.165, 1.54) is 21.6 Å². The highest BCUT2D eigenvalue weighted by Gasteiger charge is 2.37. The number of carbonyl (C=O) groups excluding carboxylic acids is 2. The number of rotatable bonds is 8. The molecule has 3 atom stereocenters. The monoisotopic (exact) mass is 509 g/mol. The van der Waals surface area contributed by atoms with Crippen LogP contribution in [-0.2, 0) is 16.0 Å². The summed E-state index contributed by atoms with van der Waals surface area (Å²) in [5.41, 5.74) is 3.91. The van der Waals surface area contributed by atoms with Gasteiger partial charge in [-0.25, -0.2) is 0 Å². The number of aryl methyl sites for hydroxylation is 1. The number of fused-ring (bicyclic) bond motifs is 1. The van der Waals surface area contributed by atoms with Crippen molar-refractivity contribution in [2.75, 3.05) is 32.7 Å². The number of nitrogens with zero attached hydrogens (tertiary/aromatic N) is 3. The van der Waals surface area contributed by atoms with Crippen LogP contribution in [0.2, 0.25) is 0 Å². The summed E-state index contributed by atoms with van der Waals surface area (Å²) in [6.45, 7) is 12.2. The smallest absolute Gasteiger partial charge is 0.239 e. The van der Waals surface area contributed by atoms with Crippen LogP contribution in [-0.4, -0.2) is 65.3 Å². The number of carbonyl (C=O) groups is 2. The summed E-state index contributed by atoms with van der Waals surface area (Å²) in [5.74, 6) is 0.600. The Balaban J connectivity index is 1.47. The minimum absolute atomic E-state index is 0.106. The fraction of sp³-hybridized carbons (Fsp3) is 0.600. The van der Waals surface area contributed by atoms with E-state index < -0.39 is 0 Å². The molecular formula is C30H43N3O2S. The van der Waals surface area contributed by atoms with Gasteiger partial charge >= 0.3 is 0 Å². The highest BCUT2D eigenvalue weighted by molar-refractivity contribution is 7.10. The van der Waals surface area contributed by atoms with Crippen molar-refractivity contribution in [1.29, 1.82) is 0 Å². The Bertz CT molecular complexity index is 1030. The molecule has 4 rings (SSSR count). The zero-order valence-electron chi connectivity index (χ0n) is 22.5. The van der Waals surface area contributed by atoms with E-state index in [0.29, 0.717) is 13.1 Å². The molecule has 1 fully saturated rings. The SMILES string of the molecule is CCCCC(CC)C(=O)N1CCCN(C(=O)C(C)N2CCc3sccc3C2c2ccccc2C)CC1. The Labute approximate surface area is 221 Å². The van der Waals surface area contributed by atoms with E-state index in [2.05, 4.69) is 68.3 Å². The standard InChI is InChI=1S/C30H43N3O2S/c1-5-7-12-24(6-2)30(35)32-17-10-16-31(19-20-32)29(34)23(4)33-18-14-27-26(15-21-36-27)28(33)25-13-9-8-11-22(25)3/h8-9,11,13,15,21,23-24,28H,5-7,10,12,14,16-20H2,1-4H3. The lowest BCUT2D eigenvalue weighted by Crippen LogP contribution is -2.51. The van der Waals surface area contributed by atoms with Gasteiger partial charge in [0.1, 0.15) is 0 Å². The maximum atomic E-state index is 13.9. The van der Waals surface area contributed by atoms with E-state index in [1.807, 2.05) is 21.1 Å². The van der Waals surface area contributed by atoms with Gasteiger partial charge < -0.3 is 9.80 Å². The third kappa shape index (κ3) is 5.70. The summed E-state index contributed by atoms with van der Waals surface area (Å²) in [5, 5.41) is 2.19. The van der Waals surface area contributed by atoms with Crippen LogP contribution in [0.4, 0.5) is 0 Å². The molecule has 0 saturated carbocycles. The summed E-state index contributed by atoms with van der Waals surface area (Å²) < 4.78 is 0. The Morgan fingerprint density at radius 3 is 2.39 bits per heavy atom. The molecular weight excluding hydrogens is 466 g/mol. The maximum Gasteiger partial charge on any atom is 0.239 e. The van der Waals surface area contributed by atoms with Gasteiger partial charge in [0, 0.05) is 43.5 Å². The predicted molar refractivity (Wildman–Crippen MR) is 148 cm³/mol. The van der Waals surface area contributed by atoms with Crippen molar-refractivity contribution in [3.63, 3.8) is 0 Å². The number of amides is 2. The van der Waals surface area contributed by atoms with Crippen molar-refractivity contribution in [2.45, 2.75) is 78.3 Å². The van der Waals surface area contributed by atoms with Gasteiger partial charge in [-0.05, 0) is 67.7 Å². The van der Waals surface area contributed by atoms with Crippen LogP contribution >= 0.6 is 11.3 Å². The van der Waals surface area contributed by atoms with E-state index >= 15 is 0 Å². The molecule has 2 amide bonds. The second kappa shape index (κ2) is 12.4. The molecule has 1 aromatic carbocycles. The van der Waals surface area contributed by atoms with Crippen molar-refractivity contribution in [2.24, 2.45) is 5.92 Å². The molecule has 3 unspecified atom stereocenters. The van der Waals surface area contributed by atoms with E-state index in [-0.39, 0.29) is 29.8 Å². The fourth-order valence-corrected chi connectivity index (χ4v) is 6.87. The molecule has 6 heteroatoms. The average Bonchev–Trinajstić information content (AvgIpc) is 3.24. The molecule has 1 aromatic heterocycles. The van der Waals surface area contributed by atoms with Crippen LogP contribution in [0, 0.1) is 12.8 Å². The highest BCUT2D eigenvalue weighted by atomic mass is 32.1. The van der Waals surface area contributed by atoms with Gasteiger partial charge in [-0.1, -0.05) is 51.0 Å². The lowest BCUT2D eigenvalue weighted by Gasteiger charge is -2.41. The van der Waals surface area contributed by atoms with Crippen LogP contribution in [0.5, 0.6) is 0 Å². The summed E-state index contributed by atoms with van der Waals surface area (Å²) in [6, 6.07) is 10.7. The topological polar surface area (TPSA) is 43.9 Å². The molecule has 0 aliphatic carbocycles. The fourth-order valence-electron chi connectivity index (χ4n) is 5.97. The lowest BCUT2D eigenvalue weighted by molar-refractivity contribution is -0.139. The largest absolute Gasteiger partial charge is 0.341 e. The van der Waals surface area contributed by atoms with Crippen LogP contribution in [0.15, 0.2) is 35.7 Å². The normalized spacial score (nSPS) is 20.5. The van der Waals surface area contributed by atoms with E-state index in [0.717, 1.165) is 58.2 Å². The van der Waals surface area contributed by atoms with Crippen molar-refractivity contribution < 1.29 is 9.59 Å². The second-order valence-electron chi connectivity index (χ2n) is 10.5. The number of hydrogen-bond acceptors (Lipinski definition) is 4. The molecule has 0 radical (unpaired) electrons. The number of unbranched alkanes of at least 4 members (excludes halogenated alkanes) is 1. The van der Waals surface area contributed by atoms with Gasteiger partial charge in [-0.3, -0.25) is 14.5 Å². The molecule has 3 heterocycles. The molecule has 0 bridgehead atoms. The first kappa shape index (κ1) is 26.9. The zero-order chi connectivity index (χ0) is 25.7. The average molecular weight is 510 g/mol. The van der Waals surface area contributed by atoms with Crippen molar-refractivity contribution in [3.05, 3.63) is 57.3 Å². The Kier molecular flexibility index (Phi) is 9.24. The molecule has 2 aliphatic rings. The first-order chi connectivity index (χ1) is 17.5. The summed E-state index contributed by atoms with van der Waals surface area (Å²) >= 11 is 1.83. The van der Waals surface area contributed by atoms with Crippen LogP contribution < -0.4 is 0 Å². The highest BCUT2D eigenvalue weighted by Crippen LogP contribution is 2.40. The molecule has 0 spiro atoms. The minimum Gasteiger partial charge on any atom is -0.341 e. The lowest BCUT2D eigenvalue weighted by atomic mass is 9.89. The van der Waals surface area contributed by atoms with Gasteiger partial charge in [0.05, 0.1) is 12.1 Å². The first-order valence-electron chi connectivity index (χ1n) is 13.9. The van der Waals surface area contributed by atoms with Gasteiger partial charge in [-0.15, -0.1) is 11.3 Å². The maximum absolute atomic E-state index is 13.9. The van der Waals surface area contributed by atoms with Gasteiger partial charge in [0.2, 0.25) is 11.8 Å². The second-order valence-corrected chi connectivity index (χ2v) is 11.5. The molecule has 196 valence electrons. The predicted octanol–water partition coefficient (Wildman–Crippen LogP) is 5.67. The molecule has 0 N–H and O–H groups in total. The Morgan fingerprint density at radius 2 is 1.69 bits per heavy atom. The zero-order valence-corrected chi connectivity index (χ0v) is 23.4. The van der Waals surface area contributed by atoms with Crippen molar-refractivity contribution in [1.82, 2.24) is 14.7 Å². The Morgan fingerprint density at radius 1 is 0.972 bits per heavy atom. The summed E-state index contributed by atoms with van der Waals surface area (Å²) in [6.07, 6.45) is 5.94. The summed E-state index contributed by atoms with van der Waals surface area (Å²) in [7, 11) is 0. The molecule has 36 heavy (non-hydrogen) atoms. The van der Waals surface area contributed by atoms with E-state index in [9.17, 15) is 9.59 Å². The van der Waals surface area contributed by atoms with Crippen LogP contribution in [0.1, 0.15) is 80.5 Å². The number of hydrogen-bond donors (Lipinski definition) is 0. The minimum atomic E-state index is -0.210. The molecule has 5 nitrogen and oxygen atoms in total. The van der Waals surface area contributed by atoms with Crippen LogP contribution in [0.3, 0.4) is 0 Å². The molecule has 2 aromatic rings. The first-order valence-corrected chi connectivity index (χ1v) is 14.8.